The first kappa shape index (κ1) is 19.0. The first-order chi connectivity index (χ1) is 16.2. The lowest BCUT2D eigenvalue weighted by atomic mass is 10.1. The second-order valence-electron chi connectivity index (χ2n) is 7.77. The highest BCUT2D eigenvalue weighted by molar-refractivity contribution is 5.84. The number of nitrogens with zero attached hydrogens (tertiary/aromatic N) is 6. The van der Waals surface area contributed by atoms with Gasteiger partial charge in [0.15, 0.2) is 5.82 Å². The van der Waals surface area contributed by atoms with E-state index >= 15 is 0 Å². The van der Waals surface area contributed by atoms with Crippen molar-refractivity contribution in [3.8, 4) is 11.3 Å². The second kappa shape index (κ2) is 7.76. The molecule has 0 bridgehead atoms. The molecule has 0 unspecified atom stereocenters. The Morgan fingerprint density at radius 3 is 2.48 bits per heavy atom. The third kappa shape index (κ3) is 3.63. The predicted molar refractivity (Wildman–Crippen MR) is 129 cm³/mol. The van der Waals surface area contributed by atoms with Crippen LogP contribution in [-0.4, -0.2) is 29.4 Å². The maximum atomic E-state index is 5.89. The quantitative estimate of drug-likeness (QED) is 0.416. The minimum absolute atomic E-state index is 0.196. The summed E-state index contributed by atoms with van der Waals surface area (Å²) >= 11 is 0. The number of nitrogens with one attached hydrogen (secondary N) is 1. The normalized spacial score (nSPS) is 11.3. The van der Waals surface area contributed by atoms with E-state index in [1.807, 2.05) is 71.7 Å². The predicted octanol–water partition coefficient (Wildman–Crippen LogP) is 4.52. The molecule has 0 radical (unpaired) electrons. The van der Waals surface area contributed by atoms with Crippen molar-refractivity contribution in [1.29, 1.82) is 0 Å². The average Bonchev–Trinajstić information content (AvgIpc) is 3.42. The molecule has 6 rings (SSSR count). The molecule has 0 aliphatic rings. The van der Waals surface area contributed by atoms with Crippen LogP contribution in [0.3, 0.4) is 0 Å². The maximum Gasteiger partial charge on any atom is 0.240 e. The molecule has 0 fully saturated rings. The summed E-state index contributed by atoms with van der Waals surface area (Å²) in [4.78, 5) is 9.20. The van der Waals surface area contributed by atoms with Crippen LogP contribution in [0, 0.1) is 0 Å². The molecule has 0 saturated heterocycles. The number of para-hydroxylation sites is 1. The van der Waals surface area contributed by atoms with E-state index in [4.69, 9.17) is 10.7 Å². The van der Waals surface area contributed by atoms with Crippen LogP contribution >= 0.6 is 0 Å². The van der Waals surface area contributed by atoms with Crippen LogP contribution in [0.15, 0.2) is 91.3 Å². The van der Waals surface area contributed by atoms with Crippen molar-refractivity contribution in [3.05, 3.63) is 96.8 Å². The van der Waals surface area contributed by atoms with Gasteiger partial charge in [0, 0.05) is 16.6 Å². The fraction of sp³-hybridized carbons (Fsp3) is 0.0400. The minimum Gasteiger partial charge on any atom is -0.366 e. The lowest BCUT2D eigenvalue weighted by molar-refractivity contribution is 0.712. The summed E-state index contributed by atoms with van der Waals surface area (Å²) in [5, 5.41) is 13.3. The molecule has 0 aliphatic heterocycles. The van der Waals surface area contributed by atoms with E-state index in [9.17, 15) is 0 Å². The largest absolute Gasteiger partial charge is 0.366 e. The molecule has 3 aromatic heterocycles. The van der Waals surface area contributed by atoms with Crippen molar-refractivity contribution < 1.29 is 0 Å². The number of aromatic nitrogens is 6. The molecule has 0 spiro atoms. The van der Waals surface area contributed by atoms with Gasteiger partial charge in [0.2, 0.25) is 11.6 Å². The highest BCUT2D eigenvalue weighted by Crippen LogP contribution is 2.27. The number of hydrogen-bond acceptors (Lipinski definition) is 6. The number of rotatable bonds is 5. The standard InChI is InChI=1S/C25H20N8/c26-25-30-24-23(28-20-9-5-2-6-10-20)29-21(16-33(24)31-25)18-11-12-19-14-27-32(22(19)13-18)15-17-7-3-1-4-8-17/h1-14,16H,15H2,(H2,26,31)(H,28,29). The fourth-order valence-corrected chi connectivity index (χ4v) is 3.90. The molecule has 0 aliphatic carbocycles. The van der Waals surface area contributed by atoms with Crippen LogP contribution in [0.2, 0.25) is 0 Å². The van der Waals surface area contributed by atoms with Gasteiger partial charge in [0.05, 0.1) is 30.1 Å². The van der Waals surface area contributed by atoms with E-state index in [2.05, 4.69) is 44.8 Å². The van der Waals surface area contributed by atoms with Crippen molar-refractivity contribution in [1.82, 2.24) is 29.4 Å². The summed E-state index contributed by atoms with van der Waals surface area (Å²) < 4.78 is 3.66. The lowest BCUT2D eigenvalue weighted by Crippen LogP contribution is -2.02. The first-order valence-electron chi connectivity index (χ1n) is 10.6. The Morgan fingerprint density at radius 2 is 1.67 bits per heavy atom. The molecule has 3 aromatic carbocycles. The van der Waals surface area contributed by atoms with Crippen LogP contribution in [0.5, 0.6) is 0 Å². The van der Waals surface area contributed by atoms with Gasteiger partial charge in [0.1, 0.15) is 0 Å². The van der Waals surface area contributed by atoms with Gasteiger partial charge in [-0.25, -0.2) is 9.50 Å². The van der Waals surface area contributed by atoms with E-state index in [0.29, 0.717) is 18.0 Å². The zero-order valence-corrected chi connectivity index (χ0v) is 17.6. The Hall–Kier alpha value is -4.72. The van der Waals surface area contributed by atoms with Crippen molar-refractivity contribution in [2.24, 2.45) is 0 Å². The molecule has 3 heterocycles. The van der Waals surface area contributed by atoms with Gasteiger partial charge in [-0.2, -0.15) is 10.1 Å². The number of nitrogens with two attached hydrogens (primary N) is 1. The van der Waals surface area contributed by atoms with Crippen LogP contribution in [0.25, 0.3) is 27.8 Å². The summed E-state index contributed by atoms with van der Waals surface area (Å²) in [6, 6.07) is 26.3. The van der Waals surface area contributed by atoms with Crippen LogP contribution in [0.4, 0.5) is 17.5 Å². The van der Waals surface area contributed by atoms with Crippen molar-refractivity contribution in [2.75, 3.05) is 11.1 Å². The van der Waals surface area contributed by atoms with Crippen molar-refractivity contribution in [3.63, 3.8) is 0 Å². The highest BCUT2D eigenvalue weighted by atomic mass is 15.3. The summed E-state index contributed by atoms with van der Waals surface area (Å²) in [7, 11) is 0. The number of nitrogen functional groups attached to an aromatic ring is 1. The van der Waals surface area contributed by atoms with Crippen LogP contribution < -0.4 is 11.1 Å². The van der Waals surface area contributed by atoms with Crippen LogP contribution in [-0.2, 0) is 6.54 Å². The zero-order chi connectivity index (χ0) is 22.2. The third-order valence-corrected chi connectivity index (χ3v) is 5.49. The zero-order valence-electron chi connectivity index (χ0n) is 17.6. The number of anilines is 3. The Morgan fingerprint density at radius 1 is 0.879 bits per heavy atom. The summed E-state index contributed by atoms with van der Waals surface area (Å²) in [6.45, 7) is 0.695. The first-order valence-corrected chi connectivity index (χ1v) is 10.6. The molecule has 0 atom stereocenters. The summed E-state index contributed by atoms with van der Waals surface area (Å²) in [5.74, 6) is 0.780. The van der Waals surface area contributed by atoms with Crippen molar-refractivity contribution >= 4 is 34.0 Å². The van der Waals surface area contributed by atoms with E-state index in [0.717, 1.165) is 27.8 Å². The molecule has 3 N–H and O–H groups in total. The van der Waals surface area contributed by atoms with Gasteiger partial charge in [-0.3, -0.25) is 4.68 Å². The van der Waals surface area contributed by atoms with E-state index in [1.54, 1.807) is 4.52 Å². The van der Waals surface area contributed by atoms with Crippen molar-refractivity contribution in [2.45, 2.75) is 6.54 Å². The molecule has 8 heteroatoms. The smallest absolute Gasteiger partial charge is 0.240 e. The molecular weight excluding hydrogens is 412 g/mol. The monoisotopic (exact) mass is 432 g/mol. The van der Waals surface area contributed by atoms with Gasteiger partial charge >= 0.3 is 0 Å². The molecule has 0 amide bonds. The summed E-state index contributed by atoms with van der Waals surface area (Å²) in [6.07, 6.45) is 3.73. The third-order valence-electron chi connectivity index (χ3n) is 5.49. The highest BCUT2D eigenvalue weighted by Gasteiger charge is 2.14. The van der Waals surface area contributed by atoms with Gasteiger partial charge in [-0.15, -0.1) is 5.10 Å². The van der Waals surface area contributed by atoms with Crippen LogP contribution in [0.1, 0.15) is 5.56 Å². The SMILES string of the molecule is Nc1nc2c(Nc3ccccc3)nc(-c3ccc4cnn(Cc5ccccc5)c4c3)cn2n1. The topological polar surface area (TPSA) is 99.0 Å². The number of hydrogen-bond donors (Lipinski definition) is 2. The Labute approximate surface area is 189 Å². The van der Waals surface area contributed by atoms with Gasteiger partial charge in [-0.05, 0) is 23.8 Å². The molecule has 33 heavy (non-hydrogen) atoms. The average molecular weight is 432 g/mol. The van der Waals surface area contributed by atoms with E-state index < -0.39 is 0 Å². The maximum absolute atomic E-state index is 5.89. The fourth-order valence-electron chi connectivity index (χ4n) is 3.90. The van der Waals surface area contributed by atoms with Gasteiger partial charge in [0.25, 0.3) is 0 Å². The second-order valence-corrected chi connectivity index (χ2v) is 7.77. The Kier molecular flexibility index (Phi) is 4.47. The molecule has 0 saturated carbocycles. The molecule has 160 valence electrons. The van der Waals surface area contributed by atoms with E-state index in [1.165, 1.54) is 5.56 Å². The van der Waals surface area contributed by atoms with Gasteiger partial charge in [-0.1, -0.05) is 60.7 Å². The number of fused-ring (bicyclic) bond motifs is 2. The summed E-state index contributed by atoms with van der Waals surface area (Å²) in [5.41, 5.74) is 11.3. The number of benzene rings is 3. The molecular formula is C25H20N8. The lowest BCUT2D eigenvalue weighted by Gasteiger charge is -2.10. The Bertz CT molecular complexity index is 1570. The molecule has 8 nitrogen and oxygen atoms in total. The van der Waals surface area contributed by atoms with Gasteiger partial charge < -0.3 is 11.1 Å². The molecule has 6 aromatic rings. The minimum atomic E-state index is 0.196. The Balaban J connectivity index is 1.44. The van der Waals surface area contributed by atoms with E-state index in [-0.39, 0.29) is 5.95 Å².